The molecule has 1 saturated heterocycles. The van der Waals surface area contributed by atoms with Crippen molar-refractivity contribution in [2.75, 3.05) is 26.2 Å². The number of pyridine rings is 1. The van der Waals surface area contributed by atoms with Gasteiger partial charge in [-0.2, -0.15) is 0 Å². The first-order chi connectivity index (χ1) is 13.8. The van der Waals surface area contributed by atoms with E-state index in [1.165, 1.54) is 0 Å². The average Bonchev–Trinajstić information content (AvgIpc) is 3.33. The fourth-order valence-electron chi connectivity index (χ4n) is 4.17. The lowest BCUT2D eigenvalue weighted by atomic mass is 9.99. The molecule has 1 N–H and O–H groups in total. The maximum atomic E-state index is 12.0. The lowest BCUT2D eigenvalue weighted by molar-refractivity contribution is 0.0994. The third-order valence-electron chi connectivity index (χ3n) is 5.65. The van der Waals surface area contributed by atoms with Crippen LogP contribution in [-0.4, -0.2) is 41.8 Å². The van der Waals surface area contributed by atoms with Crippen molar-refractivity contribution in [3.05, 3.63) is 65.7 Å². The summed E-state index contributed by atoms with van der Waals surface area (Å²) < 4.78 is 6.38. The Morgan fingerprint density at radius 3 is 2.61 bits per heavy atom. The smallest absolute Gasteiger partial charge is 0.163 e. The SMILES string of the molecule is O=C1CCc2cc(-c3oc(CN4CCNCC4)cc3-c3ccncc3)ccc21. The number of nitrogens with zero attached hydrogens (tertiary/aromatic N) is 2. The van der Waals surface area contributed by atoms with Gasteiger partial charge in [0.25, 0.3) is 0 Å². The number of hydrogen-bond acceptors (Lipinski definition) is 5. The molecule has 1 fully saturated rings. The van der Waals surface area contributed by atoms with E-state index in [0.29, 0.717) is 6.42 Å². The van der Waals surface area contributed by atoms with E-state index in [2.05, 4.69) is 27.3 Å². The van der Waals surface area contributed by atoms with Gasteiger partial charge >= 0.3 is 0 Å². The van der Waals surface area contributed by atoms with Crippen LogP contribution in [0.2, 0.25) is 0 Å². The van der Waals surface area contributed by atoms with Crippen LogP contribution in [0.5, 0.6) is 0 Å². The molecule has 2 aromatic heterocycles. The quantitative estimate of drug-likeness (QED) is 0.758. The van der Waals surface area contributed by atoms with Crippen molar-refractivity contribution in [3.8, 4) is 22.5 Å². The molecule has 5 nitrogen and oxygen atoms in total. The zero-order valence-corrected chi connectivity index (χ0v) is 15.8. The molecular formula is C23H23N3O2. The molecule has 0 radical (unpaired) electrons. The third kappa shape index (κ3) is 3.28. The molecule has 5 rings (SSSR count). The van der Waals surface area contributed by atoms with Gasteiger partial charge in [-0.3, -0.25) is 14.7 Å². The zero-order chi connectivity index (χ0) is 18.9. The second kappa shape index (κ2) is 7.34. The maximum Gasteiger partial charge on any atom is 0.163 e. The van der Waals surface area contributed by atoms with Gasteiger partial charge in [0.1, 0.15) is 11.5 Å². The summed E-state index contributed by atoms with van der Waals surface area (Å²) in [7, 11) is 0. The number of fused-ring (bicyclic) bond motifs is 1. The number of aromatic nitrogens is 1. The number of aryl methyl sites for hydroxylation is 1. The van der Waals surface area contributed by atoms with E-state index in [-0.39, 0.29) is 5.78 Å². The van der Waals surface area contributed by atoms with Crippen LogP contribution in [-0.2, 0) is 13.0 Å². The number of piperazine rings is 1. The van der Waals surface area contributed by atoms with Crippen LogP contribution in [0.15, 0.2) is 53.2 Å². The zero-order valence-electron chi connectivity index (χ0n) is 15.8. The van der Waals surface area contributed by atoms with E-state index in [4.69, 9.17) is 4.42 Å². The molecular weight excluding hydrogens is 350 g/mol. The summed E-state index contributed by atoms with van der Waals surface area (Å²) in [6.07, 6.45) is 5.05. The Hall–Kier alpha value is -2.76. The topological polar surface area (TPSA) is 58.4 Å². The van der Waals surface area contributed by atoms with E-state index in [1.54, 1.807) is 0 Å². The first-order valence-corrected chi connectivity index (χ1v) is 9.90. The molecule has 0 bridgehead atoms. The van der Waals surface area contributed by atoms with Gasteiger partial charge in [-0.1, -0.05) is 12.1 Å². The van der Waals surface area contributed by atoms with Crippen molar-refractivity contribution in [1.29, 1.82) is 0 Å². The Morgan fingerprint density at radius 1 is 0.964 bits per heavy atom. The third-order valence-corrected chi connectivity index (χ3v) is 5.65. The van der Waals surface area contributed by atoms with Crippen molar-refractivity contribution < 1.29 is 9.21 Å². The normalized spacial score (nSPS) is 17.1. The number of rotatable bonds is 4. The number of carbonyl (C=O) groups is 1. The number of benzene rings is 1. The number of nitrogens with one attached hydrogen (secondary N) is 1. The summed E-state index contributed by atoms with van der Waals surface area (Å²) in [6, 6.07) is 12.3. The highest BCUT2D eigenvalue weighted by atomic mass is 16.3. The molecule has 0 amide bonds. The number of carbonyl (C=O) groups excluding carboxylic acids is 1. The summed E-state index contributed by atoms with van der Waals surface area (Å²) in [4.78, 5) is 18.5. The van der Waals surface area contributed by atoms with Crippen molar-refractivity contribution in [3.63, 3.8) is 0 Å². The van der Waals surface area contributed by atoms with Crippen LogP contribution in [0.1, 0.15) is 28.1 Å². The lowest BCUT2D eigenvalue weighted by Crippen LogP contribution is -2.42. The van der Waals surface area contributed by atoms with Crippen molar-refractivity contribution >= 4 is 5.78 Å². The molecule has 3 aromatic rings. The van der Waals surface area contributed by atoms with Crippen molar-refractivity contribution in [2.45, 2.75) is 19.4 Å². The van der Waals surface area contributed by atoms with Gasteiger partial charge in [-0.25, -0.2) is 0 Å². The van der Waals surface area contributed by atoms with Gasteiger partial charge < -0.3 is 9.73 Å². The summed E-state index contributed by atoms with van der Waals surface area (Å²) in [5, 5.41) is 3.39. The number of Topliss-reactive ketones (excluding diaryl/α,β-unsaturated/α-hetero) is 1. The minimum Gasteiger partial charge on any atom is -0.459 e. The molecule has 1 aliphatic carbocycles. The molecule has 0 saturated carbocycles. The van der Waals surface area contributed by atoms with Gasteiger partial charge in [0.15, 0.2) is 5.78 Å². The van der Waals surface area contributed by atoms with Gasteiger partial charge in [-0.05, 0) is 41.8 Å². The van der Waals surface area contributed by atoms with Gasteiger partial charge in [0.2, 0.25) is 0 Å². The molecule has 3 heterocycles. The highest BCUT2D eigenvalue weighted by Gasteiger charge is 2.22. The first kappa shape index (κ1) is 17.3. The Bertz CT molecular complexity index is 1000. The molecule has 2 aliphatic rings. The summed E-state index contributed by atoms with van der Waals surface area (Å²) in [5.74, 6) is 2.09. The molecule has 0 atom stereocenters. The predicted octanol–water partition coefficient (Wildman–Crippen LogP) is 3.54. The van der Waals surface area contributed by atoms with Crippen LogP contribution in [0.25, 0.3) is 22.5 Å². The Balaban J connectivity index is 1.54. The molecule has 28 heavy (non-hydrogen) atoms. The Labute approximate surface area is 164 Å². The molecule has 1 aromatic carbocycles. The summed E-state index contributed by atoms with van der Waals surface area (Å²) in [5.41, 5.74) is 5.20. The van der Waals surface area contributed by atoms with E-state index in [0.717, 1.165) is 78.5 Å². The van der Waals surface area contributed by atoms with E-state index < -0.39 is 0 Å². The Morgan fingerprint density at radius 2 is 1.79 bits per heavy atom. The largest absolute Gasteiger partial charge is 0.459 e. The summed E-state index contributed by atoms with van der Waals surface area (Å²) >= 11 is 0. The van der Waals surface area contributed by atoms with Crippen molar-refractivity contribution in [1.82, 2.24) is 15.2 Å². The minimum atomic E-state index is 0.245. The fourth-order valence-corrected chi connectivity index (χ4v) is 4.17. The number of hydrogen-bond donors (Lipinski definition) is 1. The van der Waals surface area contributed by atoms with Gasteiger partial charge in [-0.15, -0.1) is 0 Å². The van der Waals surface area contributed by atoms with Gasteiger partial charge in [0, 0.05) is 61.7 Å². The van der Waals surface area contributed by atoms with Crippen LogP contribution >= 0.6 is 0 Å². The molecule has 5 heteroatoms. The summed E-state index contributed by atoms with van der Waals surface area (Å²) in [6.45, 7) is 4.90. The predicted molar refractivity (Wildman–Crippen MR) is 108 cm³/mol. The van der Waals surface area contributed by atoms with Crippen LogP contribution in [0.4, 0.5) is 0 Å². The number of furan rings is 1. The van der Waals surface area contributed by atoms with Crippen molar-refractivity contribution in [2.24, 2.45) is 0 Å². The second-order valence-corrected chi connectivity index (χ2v) is 7.51. The molecule has 0 spiro atoms. The van der Waals surface area contributed by atoms with E-state index in [1.807, 2.05) is 36.7 Å². The fraction of sp³-hybridized carbons (Fsp3) is 0.304. The van der Waals surface area contributed by atoms with E-state index >= 15 is 0 Å². The second-order valence-electron chi connectivity index (χ2n) is 7.51. The average molecular weight is 373 g/mol. The lowest BCUT2D eigenvalue weighted by Gasteiger charge is -2.26. The highest BCUT2D eigenvalue weighted by molar-refractivity contribution is 6.01. The van der Waals surface area contributed by atoms with Crippen LogP contribution in [0.3, 0.4) is 0 Å². The Kier molecular flexibility index (Phi) is 4.55. The first-order valence-electron chi connectivity index (χ1n) is 9.90. The number of ketones is 1. The van der Waals surface area contributed by atoms with E-state index in [9.17, 15) is 4.79 Å². The maximum absolute atomic E-state index is 12.0. The molecule has 142 valence electrons. The minimum absolute atomic E-state index is 0.245. The van der Waals surface area contributed by atoms with Crippen LogP contribution in [0, 0.1) is 0 Å². The highest BCUT2D eigenvalue weighted by Crippen LogP contribution is 2.37. The molecule has 1 aliphatic heterocycles. The molecule has 0 unspecified atom stereocenters. The standard InChI is InChI=1S/C23H23N3O2/c27-22-4-2-17-13-18(1-3-20(17)22)23-21(16-5-7-24-8-6-16)14-19(28-23)15-26-11-9-25-10-12-26/h1,3,5-8,13-14,25H,2,4,9-12,15H2. The monoisotopic (exact) mass is 373 g/mol. The van der Waals surface area contributed by atoms with Gasteiger partial charge in [0.05, 0.1) is 6.54 Å². The van der Waals surface area contributed by atoms with Crippen LogP contribution < -0.4 is 5.32 Å².